The van der Waals surface area contributed by atoms with E-state index in [1.165, 1.54) is 13.8 Å². The number of carboxylic acids is 1. The van der Waals surface area contributed by atoms with Crippen LogP contribution in [0.3, 0.4) is 0 Å². The molecule has 1 amide bonds. The van der Waals surface area contributed by atoms with Crippen LogP contribution in [-0.4, -0.2) is 41.0 Å². The summed E-state index contributed by atoms with van der Waals surface area (Å²) in [5.74, 6) is -2.46. The Morgan fingerprint density at radius 1 is 1.50 bits per heavy atom. The lowest BCUT2D eigenvalue weighted by atomic mass is 10.1. The van der Waals surface area contributed by atoms with Crippen LogP contribution in [-0.2, 0) is 19.6 Å². The van der Waals surface area contributed by atoms with Gasteiger partial charge in [0, 0.05) is 0 Å². The molecule has 0 spiro atoms. The summed E-state index contributed by atoms with van der Waals surface area (Å²) in [7, 11) is -3.67. The first kappa shape index (κ1) is 13.0. The maximum atomic E-state index is 11.7. The lowest BCUT2D eigenvalue weighted by Crippen LogP contribution is -2.68. The summed E-state index contributed by atoms with van der Waals surface area (Å²) in [5, 5.41) is 8.80. The highest BCUT2D eigenvalue weighted by Gasteiger charge is 2.60. The predicted molar refractivity (Wildman–Crippen MR) is 56.1 cm³/mol. The van der Waals surface area contributed by atoms with Gasteiger partial charge in [0.1, 0.15) is 0 Å². The third-order valence-electron chi connectivity index (χ3n) is 2.90. The first-order chi connectivity index (χ1) is 7.16. The molecule has 1 rings (SSSR count). The predicted octanol–water partition coefficient (Wildman–Crippen LogP) is 0.0478. The summed E-state index contributed by atoms with van der Waals surface area (Å²) < 4.78 is 22.6. The maximum absolute atomic E-state index is 11.7. The van der Waals surface area contributed by atoms with Crippen LogP contribution in [0.2, 0.25) is 0 Å². The van der Waals surface area contributed by atoms with Crippen LogP contribution >= 0.6 is 0 Å². The summed E-state index contributed by atoms with van der Waals surface area (Å²) in [6, 6.07) is 0. The molecule has 0 aromatic rings. The molecular weight excluding hydrogens is 234 g/mol. The molecule has 16 heavy (non-hydrogen) atoms. The molecule has 7 heteroatoms. The van der Waals surface area contributed by atoms with E-state index in [0.29, 0.717) is 4.31 Å². The first-order valence-corrected chi connectivity index (χ1v) is 6.39. The molecule has 1 heterocycles. The van der Waals surface area contributed by atoms with Crippen LogP contribution in [0.15, 0.2) is 0 Å². The van der Waals surface area contributed by atoms with Gasteiger partial charge in [-0.1, -0.05) is 6.92 Å². The summed E-state index contributed by atoms with van der Waals surface area (Å²) in [6.45, 7) is 4.02. The SMILES string of the molecule is CCC(CN1C(=O)C(C)(C)S1(=O)=O)C(=O)O. The van der Waals surface area contributed by atoms with Crippen molar-refractivity contribution >= 4 is 21.9 Å². The Bertz CT molecular complexity index is 425. The standard InChI is InChI=1S/C9H15NO5S/c1-4-6(7(11)12)5-10-8(13)9(2,3)16(10,14)15/h6H,4-5H2,1-3H3,(H,11,12). The van der Waals surface area contributed by atoms with Gasteiger partial charge < -0.3 is 5.11 Å². The van der Waals surface area contributed by atoms with Gasteiger partial charge in [-0.3, -0.25) is 9.59 Å². The van der Waals surface area contributed by atoms with Crippen molar-refractivity contribution in [1.82, 2.24) is 4.31 Å². The molecule has 0 bridgehead atoms. The number of nitrogens with zero attached hydrogens (tertiary/aromatic N) is 1. The van der Waals surface area contributed by atoms with Gasteiger partial charge in [-0.15, -0.1) is 0 Å². The van der Waals surface area contributed by atoms with E-state index < -0.39 is 32.6 Å². The molecule has 0 aromatic heterocycles. The molecule has 1 N–H and O–H groups in total. The highest BCUT2D eigenvalue weighted by molar-refractivity contribution is 7.94. The van der Waals surface area contributed by atoms with E-state index in [9.17, 15) is 18.0 Å². The zero-order chi connectivity index (χ0) is 12.7. The Morgan fingerprint density at radius 2 is 2.00 bits per heavy atom. The van der Waals surface area contributed by atoms with Gasteiger partial charge in [0.05, 0.1) is 12.5 Å². The van der Waals surface area contributed by atoms with Crippen molar-refractivity contribution in [3.05, 3.63) is 0 Å². The minimum absolute atomic E-state index is 0.267. The van der Waals surface area contributed by atoms with Crippen LogP contribution in [0.5, 0.6) is 0 Å². The van der Waals surface area contributed by atoms with E-state index >= 15 is 0 Å². The highest BCUT2D eigenvalue weighted by Crippen LogP contribution is 2.35. The summed E-state index contributed by atoms with van der Waals surface area (Å²) in [4.78, 5) is 22.3. The third-order valence-corrected chi connectivity index (χ3v) is 5.26. The van der Waals surface area contributed by atoms with Crippen molar-refractivity contribution < 1.29 is 23.1 Å². The fourth-order valence-corrected chi connectivity index (χ4v) is 3.09. The van der Waals surface area contributed by atoms with E-state index in [-0.39, 0.29) is 13.0 Å². The number of rotatable bonds is 4. The van der Waals surface area contributed by atoms with Crippen LogP contribution < -0.4 is 0 Å². The van der Waals surface area contributed by atoms with Crippen molar-refractivity contribution in [2.75, 3.05) is 6.54 Å². The van der Waals surface area contributed by atoms with Crippen molar-refractivity contribution in [1.29, 1.82) is 0 Å². The molecule has 0 aromatic carbocycles. The minimum Gasteiger partial charge on any atom is -0.481 e. The van der Waals surface area contributed by atoms with Crippen LogP contribution in [0.4, 0.5) is 0 Å². The van der Waals surface area contributed by atoms with Crippen molar-refractivity contribution in [2.24, 2.45) is 5.92 Å². The Balaban J connectivity index is 2.87. The number of carboxylic acid groups (broad SMARTS) is 1. The molecule has 1 atom stereocenters. The van der Waals surface area contributed by atoms with Gasteiger partial charge in [0.25, 0.3) is 15.9 Å². The summed E-state index contributed by atoms with van der Waals surface area (Å²) in [6.07, 6.45) is 0.287. The normalized spacial score (nSPS) is 23.7. The molecule has 1 fully saturated rings. The minimum atomic E-state index is -3.67. The lowest BCUT2D eigenvalue weighted by molar-refractivity contribution is -0.143. The molecule has 1 saturated heterocycles. The second-order valence-electron chi connectivity index (χ2n) is 4.30. The second kappa shape index (κ2) is 3.73. The number of sulfonamides is 1. The number of carbonyl (C=O) groups is 2. The second-order valence-corrected chi connectivity index (χ2v) is 6.71. The highest BCUT2D eigenvalue weighted by atomic mass is 32.2. The fraction of sp³-hybridized carbons (Fsp3) is 0.778. The van der Waals surface area contributed by atoms with Crippen LogP contribution in [0, 0.1) is 5.92 Å². The average molecular weight is 249 g/mol. The average Bonchev–Trinajstić information content (AvgIpc) is 2.17. The van der Waals surface area contributed by atoms with Crippen LogP contribution in [0.25, 0.3) is 0 Å². The van der Waals surface area contributed by atoms with Gasteiger partial charge in [0.15, 0.2) is 4.75 Å². The van der Waals surface area contributed by atoms with Gasteiger partial charge in [-0.25, -0.2) is 12.7 Å². The Kier molecular flexibility index (Phi) is 3.02. The molecule has 0 aliphatic carbocycles. The van der Waals surface area contributed by atoms with E-state index in [1.807, 2.05) is 0 Å². The molecule has 0 radical (unpaired) electrons. The molecule has 1 unspecified atom stereocenters. The van der Waals surface area contributed by atoms with E-state index in [1.54, 1.807) is 6.92 Å². The smallest absolute Gasteiger partial charge is 0.308 e. The first-order valence-electron chi connectivity index (χ1n) is 4.95. The third kappa shape index (κ3) is 1.59. The maximum Gasteiger partial charge on any atom is 0.308 e. The van der Waals surface area contributed by atoms with E-state index in [0.717, 1.165) is 0 Å². The number of aliphatic carboxylic acids is 1. The van der Waals surface area contributed by atoms with E-state index in [4.69, 9.17) is 5.11 Å². The fourth-order valence-electron chi connectivity index (χ4n) is 1.52. The molecule has 1 aliphatic heterocycles. The lowest BCUT2D eigenvalue weighted by Gasteiger charge is -2.43. The van der Waals surface area contributed by atoms with Crippen molar-refractivity contribution in [2.45, 2.75) is 31.9 Å². The number of hydrogen-bond acceptors (Lipinski definition) is 4. The zero-order valence-electron chi connectivity index (χ0n) is 9.43. The largest absolute Gasteiger partial charge is 0.481 e. The number of amides is 1. The molecule has 1 aliphatic rings. The van der Waals surface area contributed by atoms with Crippen LogP contribution in [0.1, 0.15) is 27.2 Å². The van der Waals surface area contributed by atoms with E-state index in [2.05, 4.69) is 0 Å². The quantitative estimate of drug-likeness (QED) is 0.760. The Labute approximate surface area is 94.3 Å². The monoisotopic (exact) mass is 249 g/mol. The summed E-state index contributed by atoms with van der Waals surface area (Å²) in [5.41, 5.74) is 0. The van der Waals surface area contributed by atoms with Gasteiger partial charge in [-0.05, 0) is 20.3 Å². The molecule has 92 valence electrons. The van der Waals surface area contributed by atoms with Crippen molar-refractivity contribution in [3.63, 3.8) is 0 Å². The number of hydrogen-bond donors (Lipinski definition) is 1. The van der Waals surface area contributed by atoms with Gasteiger partial charge >= 0.3 is 5.97 Å². The van der Waals surface area contributed by atoms with Gasteiger partial charge in [0.2, 0.25) is 0 Å². The summed E-state index contributed by atoms with van der Waals surface area (Å²) >= 11 is 0. The molecular formula is C9H15NO5S. The van der Waals surface area contributed by atoms with Crippen molar-refractivity contribution in [3.8, 4) is 0 Å². The Morgan fingerprint density at radius 3 is 2.31 bits per heavy atom. The molecule has 6 nitrogen and oxygen atoms in total. The van der Waals surface area contributed by atoms with Gasteiger partial charge in [-0.2, -0.15) is 0 Å². The zero-order valence-corrected chi connectivity index (χ0v) is 10.2. The Hall–Kier alpha value is -1.11. The molecule has 0 saturated carbocycles. The topological polar surface area (TPSA) is 91.8 Å². The number of carbonyl (C=O) groups excluding carboxylic acids is 1.